The van der Waals surface area contributed by atoms with Crippen LogP contribution in [0.2, 0.25) is 0 Å². The van der Waals surface area contributed by atoms with Gasteiger partial charge in [0.25, 0.3) is 5.91 Å². The molecule has 1 rings (SSSR count). The maximum absolute atomic E-state index is 11.8. The van der Waals surface area contributed by atoms with Crippen molar-refractivity contribution < 1.29 is 19.4 Å². The van der Waals surface area contributed by atoms with Gasteiger partial charge in [-0.05, 0) is 24.1 Å². The number of hydrogen-bond donors (Lipinski definition) is 3. The maximum Gasteiger partial charge on any atom is 0.251 e. The van der Waals surface area contributed by atoms with Gasteiger partial charge in [-0.3, -0.25) is 9.59 Å². The van der Waals surface area contributed by atoms with E-state index in [2.05, 4.69) is 10.6 Å². The summed E-state index contributed by atoms with van der Waals surface area (Å²) in [5.74, 6) is -0.152. The molecule has 0 unspecified atom stereocenters. The molecule has 110 valence electrons. The summed E-state index contributed by atoms with van der Waals surface area (Å²) < 4.78 is 4.89. The number of carbonyl (C=O) groups is 2. The monoisotopic (exact) mass is 280 g/mol. The molecule has 0 saturated heterocycles. The number of phenols is 1. The quantitative estimate of drug-likeness (QED) is 0.722. The normalized spacial score (nSPS) is 10.2. The Balaban J connectivity index is 2.51. The van der Waals surface area contributed by atoms with Crippen LogP contribution in [-0.2, 0) is 4.79 Å². The van der Waals surface area contributed by atoms with Crippen LogP contribution >= 0.6 is 0 Å². The van der Waals surface area contributed by atoms with Crippen molar-refractivity contribution in [3.05, 3.63) is 23.8 Å². The van der Waals surface area contributed by atoms with E-state index in [1.807, 2.05) is 13.8 Å². The molecular weight excluding hydrogens is 260 g/mol. The summed E-state index contributed by atoms with van der Waals surface area (Å²) in [5, 5.41) is 14.8. The Kier molecular flexibility index (Phi) is 5.83. The average molecular weight is 280 g/mol. The van der Waals surface area contributed by atoms with Crippen molar-refractivity contribution in [1.29, 1.82) is 0 Å². The van der Waals surface area contributed by atoms with Crippen LogP contribution in [0.25, 0.3) is 0 Å². The van der Waals surface area contributed by atoms with Gasteiger partial charge in [-0.2, -0.15) is 0 Å². The van der Waals surface area contributed by atoms with E-state index >= 15 is 0 Å². The summed E-state index contributed by atoms with van der Waals surface area (Å²) >= 11 is 0. The summed E-state index contributed by atoms with van der Waals surface area (Å²) in [5.41, 5.74) is 0.264. The standard InChI is InChI=1S/C14H20N2O4/c1-9(2)7-15-13(18)8-16-14(19)10-4-5-12(20-3)11(17)6-10/h4-6,9,17H,7-8H2,1-3H3,(H,15,18)(H,16,19). The Labute approximate surface area is 118 Å². The van der Waals surface area contributed by atoms with E-state index in [1.54, 1.807) is 0 Å². The fraction of sp³-hybridized carbons (Fsp3) is 0.429. The molecule has 2 amide bonds. The first-order chi connectivity index (χ1) is 9.43. The minimum atomic E-state index is -0.428. The number of phenolic OH excluding ortho intramolecular Hbond substituents is 1. The number of rotatable bonds is 6. The highest BCUT2D eigenvalue weighted by Crippen LogP contribution is 2.25. The molecule has 3 N–H and O–H groups in total. The van der Waals surface area contributed by atoms with E-state index in [1.165, 1.54) is 25.3 Å². The van der Waals surface area contributed by atoms with Crippen molar-refractivity contribution in [3.63, 3.8) is 0 Å². The molecule has 0 saturated carbocycles. The van der Waals surface area contributed by atoms with E-state index in [-0.39, 0.29) is 29.5 Å². The lowest BCUT2D eigenvalue weighted by Gasteiger charge is -2.09. The van der Waals surface area contributed by atoms with Gasteiger partial charge in [-0.25, -0.2) is 0 Å². The van der Waals surface area contributed by atoms with Crippen molar-refractivity contribution in [2.24, 2.45) is 5.92 Å². The molecule has 6 nitrogen and oxygen atoms in total. The zero-order valence-corrected chi connectivity index (χ0v) is 11.9. The van der Waals surface area contributed by atoms with E-state index in [0.29, 0.717) is 12.5 Å². The first-order valence-electron chi connectivity index (χ1n) is 6.36. The maximum atomic E-state index is 11.8. The number of benzene rings is 1. The zero-order valence-electron chi connectivity index (χ0n) is 11.9. The van der Waals surface area contributed by atoms with Gasteiger partial charge in [-0.1, -0.05) is 13.8 Å². The fourth-order valence-corrected chi connectivity index (χ4v) is 1.47. The smallest absolute Gasteiger partial charge is 0.251 e. The third-order valence-corrected chi connectivity index (χ3v) is 2.56. The van der Waals surface area contributed by atoms with Crippen molar-refractivity contribution >= 4 is 11.8 Å². The summed E-state index contributed by atoms with van der Waals surface area (Å²) in [6.45, 7) is 4.44. The van der Waals surface area contributed by atoms with Gasteiger partial charge >= 0.3 is 0 Å². The van der Waals surface area contributed by atoms with Crippen LogP contribution in [0.5, 0.6) is 11.5 Å². The van der Waals surface area contributed by atoms with Crippen LogP contribution in [0.4, 0.5) is 0 Å². The highest BCUT2D eigenvalue weighted by atomic mass is 16.5. The molecule has 0 atom stereocenters. The first-order valence-corrected chi connectivity index (χ1v) is 6.36. The van der Waals surface area contributed by atoms with Gasteiger partial charge in [-0.15, -0.1) is 0 Å². The third kappa shape index (κ3) is 4.79. The lowest BCUT2D eigenvalue weighted by atomic mass is 10.2. The first kappa shape index (κ1) is 15.8. The number of ether oxygens (including phenoxy) is 1. The number of methoxy groups -OCH3 is 1. The van der Waals surface area contributed by atoms with E-state index in [4.69, 9.17) is 4.74 Å². The van der Waals surface area contributed by atoms with Crippen molar-refractivity contribution in [2.75, 3.05) is 20.2 Å². The second-order valence-corrected chi connectivity index (χ2v) is 4.77. The van der Waals surface area contributed by atoms with Gasteiger partial charge in [0.1, 0.15) is 0 Å². The molecular formula is C14H20N2O4. The SMILES string of the molecule is COc1ccc(C(=O)NCC(=O)NCC(C)C)cc1O. The fourth-order valence-electron chi connectivity index (χ4n) is 1.47. The topological polar surface area (TPSA) is 87.7 Å². The number of aromatic hydroxyl groups is 1. The van der Waals surface area contributed by atoms with Gasteiger partial charge < -0.3 is 20.5 Å². The lowest BCUT2D eigenvalue weighted by molar-refractivity contribution is -0.120. The van der Waals surface area contributed by atoms with Crippen LogP contribution in [-0.4, -0.2) is 37.1 Å². The minimum Gasteiger partial charge on any atom is -0.504 e. The van der Waals surface area contributed by atoms with E-state index in [9.17, 15) is 14.7 Å². The molecule has 0 radical (unpaired) electrons. The molecule has 1 aromatic rings. The lowest BCUT2D eigenvalue weighted by Crippen LogP contribution is -2.38. The molecule has 6 heteroatoms. The van der Waals surface area contributed by atoms with Gasteiger partial charge in [0.2, 0.25) is 5.91 Å². The molecule has 0 aromatic heterocycles. The molecule has 0 fully saturated rings. The Hall–Kier alpha value is -2.24. The van der Waals surface area contributed by atoms with Crippen molar-refractivity contribution in [2.45, 2.75) is 13.8 Å². The number of hydrogen-bond acceptors (Lipinski definition) is 4. The molecule has 0 bridgehead atoms. The zero-order chi connectivity index (χ0) is 15.1. The van der Waals surface area contributed by atoms with Crippen molar-refractivity contribution in [3.8, 4) is 11.5 Å². The van der Waals surface area contributed by atoms with Crippen LogP contribution in [0.3, 0.4) is 0 Å². The Morgan fingerprint density at radius 2 is 2.00 bits per heavy atom. The number of carbonyl (C=O) groups excluding carboxylic acids is 2. The molecule has 20 heavy (non-hydrogen) atoms. The second-order valence-electron chi connectivity index (χ2n) is 4.77. The molecule has 0 heterocycles. The third-order valence-electron chi connectivity index (χ3n) is 2.56. The highest BCUT2D eigenvalue weighted by Gasteiger charge is 2.11. The Morgan fingerprint density at radius 3 is 2.55 bits per heavy atom. The van der Waals surface area contributed by atoms with E-state index < -0.39 is 5.91 Å². The van der Waals surface area contributed by atoms with Crippen LogP contribution < -0.4 is 15.4 Å². The summed E-state index contributed by atoms with van der Waals surface area (Å²) in [6.07, 6.45) is 0. The van der Waals surface area contributed by atoms with Crippen LogP contribution in [0.15, 0.2) is 18.2 Å². The summed E-state index contributed by atoms with van der Waals surface area (Å²) in [6, 6.07) is 4.29. The number of nitrogens with one attached hydrogen (secondary N) is 2. The van der Waals surface area contributed by atoms with E-state index in [0.717, 1.165) is 0 Å². The summed E-state index contributed by atoms with van der Waals surface area (Å²) in [7, 11) is 1.42. The largest absolute Gasteiger partial charge is 0.504 e. The predicted molar refractivity (Wildman–Crippen MR) is 74.8 cm³/mol. The average Bonchev–Trinajstić information content (AvgIpc) is 2.42. The highest BCUT2D eigenvalue weighted by molar-refractivity contribution is 5.97. The van der Waals surface area contributed by atoms with Gasteiger partial charge in [0, 0.05) is 12.1 Å². The summed E-state index contributed by atoms with van der Waals surface area (Å²) in [4.78, 5) is 23.3. The van der Waals surface area contributed by atoms with Crippen LogP contribution in [0, 0.1) is 5.92 Å². The minimum absolute atomic E-state index is 0.0989. The second kappa shape index (κ2) is 7.37. The van der Waals surface area contributed by atoms with Crippen molar-refractivity contribution in [1.82, 2.24) is 10.6 Å². The predicted octanol–water partition coefficient (Wildman–Crippen LogP) is 0.903. The Bertz CT molecular complexity index is 486. The van der Waals surface area contributed by atoms with Gasteiger partial charge in [0.15, 0.2) is 11.5 Å². The molecule has 1 aromatic carbocycles. The number of amides is 2. The van der Waals surface area contributed by atoms with Crippen LogP contribution in [0.1, 0.15) is 24.2 Å². The molecule has 0 aliphatic rings. The molecule has 0 spiro atoms. The van der Waals surface area contributed by atoms with Gasteiger partial charge in [0.05, 0.1) is 13.7 Å². The molecule has 0 aliphatic heterocycles. The molecule has 0 aliphatic carbocycles. The Morgan fingerprint density at radius 1 is 1.30 bits per heavy atom.